The summed E-state index contributed by atoms with van der Waals surface area (Å²) in [7, 11) is 0. The van der Waals surface area contributed by atoms with E-state index in [2.05, 4.69) is 10.3 Å². The summed E-state index contributed by atoms with van der Waals surface area (Å²) in [6.45, 7) is 3.90. The Kier molecular flexibility index (Phi) is 4.37. The fourth-order valence-corrected chi connectivity index (χ4v) is 2.45. The molecule has 3 rings (SSSR count). The molecule has 0 bridgehead atoms. The molecule has 124 valence electrons. The zero-order valence-electron chi connectivity index (χ0n) is 13.5. The Balaban J connectivity index is 1.58. The second-order valence-electron chi connectivity index (χ2n) is 5.57. The quantitative estimate of drug-likeness (QED) is 0.706. The Labute approximate surface area is 138 Å². The van der Waals surface area contributed by atoms with E-state index in [0.717, 1.165) is 22.2 Å². The minimum Gasteiger partial charge on any atom is -0.467 e. The lowest BCUT2D eigenvalue weighted by Gasteiger charge is -2.06. The Morgan fingerprint density at radius 1 is 1.25 bits per heavy atom. The van der Waals surface area contributed by atoms with Crippen LogP contribution >= 0.6 is 0 Å². The highest BCUT2D eigenvalue weighted by atomic mass is 16.5. The van der Waals surface area contributed by atoms with Gasteiger partial charge in [0.15, 0.2) is 6.61 Å². The van der Waals surface area contributed by atoms with Crippen molar-refractivity contribution in [2.75, 3.05) is 6.61 Å². The summed E-state index contributed by atoms with van der Waals surface area (Å²) in [6, 6.07) is 8.78. The van der Waals surface area contributed by atoms with Crippen LogP contribution in [0, 0.1) is 13.8 Å². The summed E-state index contributed by atoms with van der Waals surface area (Å²) in [5.74, 6) is -0.267. The van der Waals surface area contributed by atoms with E-state index in [9.17, 15) is 9.59 Å². The lowest BCUT2D eigenvalue weighted by Crippen LogP contribution is -2.28. The van der Waals surface area contributed by atoms with Gasteiger partial charge in [-0.15, -0.1) is 0 Å². The molecule has 0 saturated heterocycles. The maximum absolute atomic E-state index is 12.1. The number of aromatic nitrogens is 1. The maximum atomic E-state index is 12.1. The first kappa shape index (κ1) is 15.9. The van der Waals surface area contributed by atoms with Crippen LogP contribution < -0.4 is 5.32 Å². The van der Waals surface area contributed by atoms with E-state index < -0.39 is 5.97 Å². The van der Waals surface area contributed by atoms with Crippen LogP contribution in [0.2, 0.25) is 0 Å². The molecule has 0 spiro atoms. The van der Waals surface area contributed by atoms with Crippen LogP contribution in [0.25, 0.3) is 10.9 Å². The second-order valence-corrected chi connectivity index (χ2v) is 5.57. The van der Waals surface area contributed by atoms with E-state index in [-0.39, 0.29) is 19.1 Å². The predicted molar refractivity (Wildman–Crippen MR) is 88.6 cm³/mol. The second kappa shape index (κ2) is 6.62. The lowest BCUT2D eigenvalue weighted by molar-refractivity contribution is -0.124. The van der Waals surface area contributed by atoms with Gasteiger partial charge in [0.1, 0.15) is 5.76 Å². The third-order valence-electron chi connectivity index (χ3n) is 3.92. The molecule has 2 aromatic heterocycles. The number of fused-ring (bicyclic) bond motifs is 1. The van der Waals surface area contributed by atoms with E-state index in [1.807, 2.05) is 19.9 Å². The van der Waals surface area contributed by atoms with Crippen LogP contribution in [0.15, 0.2) is 41.0 Å². The molecule has 1 aromatic carbocycles. The van der Waals surface area contributed by atoms with Crippen LogP contribution in [-0.2, 0) is 16.1 Å². The fraction of sp³-hybridized carbons (Fsp3) is 0.222. The molecule has 0 aliphatic carbocycles. The van der Waals surface area contributed by atoms with Gasteiger partial charge in [-0.05, 0) is 49.7 Å². The van der Waals surface area contributed by atoms with Gasteiger partial charge in [0.2, 0.25) is 0 Å². The number of hydrogen-bond donors (Lipinski definition) is 2. The number of rotatable bonds is 5. The highest BCUT2D eigenvalue weighted by Crippen LogP contribution is 2.22. The van der Waals surface area contributed by atoms with Crippen molar-refractivity contribution in [3.05, 3.63) is 59.2 Å². The molecule has 24 heavy (non-hydrogen) atoms. The number of hydrogen-bond acceptors (Lipinski definition) is 4. The third kappa shape index (κ3) is 3.32. The van der Waals surface area contributed by atoms with Crippen molar-refractivity contribution in [2.45, 2.75) is 20.4 Å². The van der Waals surface area contributed by atoms with Gasteiger partial charge in [-0.2, -0.15) is 0 Å². The molecular weight excluding hydrogens is 308 g/mol. The number of carbonyl (C=O) groups is 2. The Morgan fingerprint density at radius 3 is 2.83 bits per heavy atom. The van der Waals surface area contributed by atoms with Crippen LogP contribution in [0.3, 0.4) is 0 Å². The smallest absolute Gasteiger partial charge is 0.338 e. The van der Waals surface area contributed by atoms with Gasteiger partial charge in [0, 0.05) is 16.6 Å². The molecule has 0 saturated carbocycles. The van der Waals surface area contributed by atoms with Crippen LogP contribution in [0.4, 0.5) is 0 Å². The monoisotopic (exact) mass is 326 g/mol. The zero-order valence-corrected chi connectivity index (χ0v) is 13.5. The molecule has 6 nitrogen and oxygen atoms in total. The lowest BCUT2D eigenvalue weighted by atomic mass is 10.1. The fourth-order valence-electron chi connectivity index (χ4n) is 2.45. The van der Waals surface area contributed by atoms with Crippen LogP contribution in [0.5, 0.6) is 0 Å². The summed E-state index contributed by atoms with van der Waals surface area (Å²) < 4.78 is 10.2. The number of carbonyl (C=O) groups excluding carboxylic acids is 2. The number of ether oxygens (including phenoxy) is 1. The van der Waals surface area contributed by atoms with E-state index in [1.165, 1.54) is 6.26 Å². The van der Waals surface area contributed by atoms with Gasteiger partial charge in [-0.25, -0.2) is 4.79 Å². The van der Waals surface area contributed by atoms with Crippen molar-refractivity contribution < 1.29 is 18.7 Å². The molecule has 1 amide bonds. The number of esters is 1. The molecule has 2 N–H and O–H groups in total. The molecule has 0 aliphatic heterocycles. The Bertz CT molecular complexity index is 878. The van der Waals surface area contributed by atoms with Crippen molar-refractivity contribution in [1.82, 2.24) is 10.3 Å². The molecule has 0 unspecified atom stereocenters. The average Bonchev–Trinajstić information content (AvgIpc) is 3.19. The molecule has 6 heteroatoms. The molecule has 0 radical (unpaired) electrons. The van der Waals surface area contributed by atoms with Crippen LogP contribution in [-0.4, -0.2) is 23.5 Å². The summed E-state index contributed by atoms with van der Waals surface area (Å²) in [4.78, 5) is 27.1. The number of nitrogens with one attached hydrogen (secondary N) is 2. The van der Waals surface area contributed by atoms with Gasteiger partial charge in [-0.3, -0.25) is 4.79 Å². The van der Waals surface area contributed by atoms with E-state index >= 15 is 0 Å². The van der Waals surface area contributed by atoms with Gasteiger partial charge in [0.05, 0.1) is 18.4 Å². The molecule has 0 atom stereocenters. The van der Waals surface area contributed by atoms with Crippen molar-refractivity contribution in [1.29, 1.82) is 0 Å². The maximum Gasteiger partial charge on any atom is 0.338 e. The molecule has 0 fully saturated rings. The predicted octanol–water partition coefficient (Wildman–Crippen LogP) is 2.85. The van der Waals surface area contributed by atoms with E-state index in [0.29, 0.717) is 11.3 Å². The van der Waals surface area contributed by atoms with E-state index in [1.54, 1.807) is 24.3 Å². The molecule has 2 heterocycles. The highest BCUT2D eigenvalue weighted by Gasteiger charge is 2.13. The minimum absolute atomic E-state index is 0.261. The summed E-state index contributed by atoms with van der Waals surface area (Å²) in [6.07, 6.45) is 1.53. The summed E-state index contributed by atoms with van der Waals surface area (Å²) in [5.41, 5.74) is 3.55. The van der Waals surface area contributed by atoms with Crippen molar-refractivity contribution in [2.24, 2.45) is 0 Å². The number of benzene rings is 1. The Hall–Kier alpha value is -3.02. The van der Waals surface area contributed by atoms with Gasteiger partial charge < -0.3 is 19.5 Å². The first-order valence-electron chi connectivity index (χ1n) is 7.59. The number of aryl methyl sites for hydroxylation is 2. The van der Waals surface area contributed by atoms with E-state index in [4.69, 9.17) is 9.15 Å². The SMILES string of the molecule is Cc1[nH]c2ccc(C(=O)OCC(=O)NCc3ccco3)cc2c1C. The molecule has 0 aliphatic rings. The molecular formula is C18H18N2O4. The topological polar surface area (TPSA) is 84.3 Å². The van der Waals surface area contributed by atoms with Crippen molar-refractivity contribution >= 4 is 22.8 Å². The van der Waals surface area contributed by atoms with Gasteiger partial charge in [-0.1, -0.05) is 0 Å². The summed E-state index contributed by atoms with van der Waals surface area (Å²) in [5, 5.41) is 3.60. The normalized spacial score (nSPS) is 10.8. The zero-order chi connectivity index (χ0) is 17.1. The average molecular weight is 326 g/mol. The number of furan rings is 1. The Morgan fingerprint density at radius 2 is 2.08 bits per heavy atom. The minimum atomic E-state index is -0.525. The number of H-pyrrole nitrogens is 1. The van der Waals surface area contributed by atoms with Crippen LogP contribution in [0.1, 0.15) is 27.4 Å². The van der Waals surface area contributed by atoms with Crippen molar-refractivity contribution in [3.8, 4) is 0 Å². The van der Waals surface area contributed by atoms with Crippen molar-refractivity contribution in [3.63, 3.8) is 0 Å². The largest absolute Gasteiger partial charge is 0.467 e. The molecule has 3 aromatic rings. The first-order valence-corrected chi connectivity index (χ1v) is 7.59. The summed E-state index contributed by atoms with van der Waals surface area (Å²) >= 11 is 0. The standard InChI is InChI=1S/C18H18N2O4/c1-11-12(2)20-16-6-5-13(8-15(11)16)18(22)24-10-17(21)19-9-14-4-3-7-23-14/h3-8,20H,9-10H2,1-2H3,(H,19,21). The third-order valence-corrected chi connectivity index (χ3v) is 3.92. The number of amides is 1. The van der Waals surface area contributed by atoms with Gasteiger partial charge >= 0.3 is 5.97 Å². The first-order chi connectivity index (χ1) is 11.5. The van der Waals surface area contributed by atoms with Gasteiger partial charge in [0.25, 0.3) is 5.91 Å². The number of aromatic amines is 1. The highest BCUT2D eigenvalue weighted by molar-refractivity contribution is 5.96.